The maximum absolute atomic E-state index is 14.1. The van der Waals surface area contributed by atoms with Crippen LogP contribution in [0.4, 0.5) is 44.6 Å². The maximum atomic E-state index is 14.1. The number of rotatable bonds is 28. The zero-order chi connectivity index (χ0) is 84.2. The predicted molar refractivity (Wildman–Crippen MR) is 457 cm³/mol. The Labute approximate surface area is 692 Å². The molecule has 13 rings (SSSR count). The smallest absolute Gasteiger partial charge is 0.321 e. The molecule has 5 atom stereocenters. The molecule has 9 aromatic rings. The number of aliphatic hydroxyl groups excluding tert-OH is 2. The molecule has 5 unspecified atom stereocenters. The number of esters is 1. The number of carbonyl (C=O) groups excluding carboxylic acids is 10. The first-order valence-electron chi connectivity index (χ1n) is 38.7. The number of ketones is 3. The highest BCUT2D eigenvalue weighted by Gasteiger charge is 2.48. The van der Waals surface area contributed by atoms with E-state index in [0.717, 1.165) is 42.5 Å². The number of amides is 7. The van der Waals surface area contributed by atoms with Gasteiger partial charge in [0.2, 0.25) is 18.0 Å². The van der Waals surface area contributed by atoms with Crippen molar-refractivity contribution in [3.8, 4) is 0 Å². The molecule has 3 aromatic heterocycles. The second-order valence-corrected chi connectivity index (χ2v) is 30.5. The fraction of sp³-hybridized carbons (Fsp3) is 0.289. The minimum atomic E-state index is -1.38. The van der Waals surface area contributed by atoms with E-state index in [-0.39, 0.29) is 80.8 Å². The van der Waals surface area contributed by atoms with Gasteiger partial charge in [-0.25, -0.2) is 9.79 Å². The lowest BCUT2D eigenvalue weighted by molar-refractivity contribution is -0.146. The number of anilines is 7. The van der Waals surface area contributed by atoms with Crippen molar-refractivity contribution in [2.24, 2.45) is 31.7 Å². The molecular formula is C90H93BrN14O13. The van der Waals surface area contributed by atoms with E-state index in [2.05, 4.69) is 62.5 Å². The number of fused-ring (bicyclic) bond motifs is 3. The van der Waals surface area contributed by atoms with Crippen molar-refractivity contribution in [1.82, 2.24) is 20.3 Å². The number of benzodiazepines with no additional fused rings is 3. The molecule has 28 heteroatoms. The summed E-state index contributed by atoms with van der Waals surface area (Å²) in [6.07, 6.45) is 6.50. The molecule has 4 aliphatic rings. The van der Waals surface area contributed by atoms with E-state index in [1.54, 1.807) is 156 Å². The minimum absolute atomic E-state index is 0.100. The highest BCUT2D eigenvalue weighted by atomic mass is 79.9. The van der Waals surface area contributed by atoms with Gasteiger partial charge in [-0.1, -0.05) is 140 Å². The maximum Gasteiger partial charge on any atom is 0.321 e. The van der Waals surface area contributed by atoms with E-state index in [0.29, 0.717) is 85.0 Å². The number of Topliss-reactive ketones (excluding diaryl/α,β-unsaturated/α-hetero) is 3. The topological polar surface area (TPSA) is 366 Å². The molecule has 3 aliphatic heterocycles. The summed E-state index contributed by atoms with van der Waals surface area (Å²) in [6.45, 7) is 8.73. The Kier molecular flexibility index (Phi) is 28.9. The summed E-state index contributed by atoms with van der Waals surface area (Å²) in [4.78, 5) is 163. The summed E-state index contributed by atoms with van der Waals surface area (Å²) < 4.78 is 5.10. The summed E-state index contributed by atoms with van der Waals surface area (Å²) in [7, 11) is 1.76. The Bertz CT molecular complexity index is 5300. The number of para-hydroxylation sites is 3. The predicted octanol–water partition coefficient (Wildman–Crippen LogP) is 11.4. The van der Waals surface area contributed by atoms with Gasteiger partial charge in [0.1, 0.15) is 18.7 Å². The largest absolute Gasteiger partial charge is 0.465 e. The summed E-state index contributed by atoms with van der Waals surface area (Å²) in [5.74, 6) is -3.59. The molecule has 7 N–H and O–H groups in total. The fourth-order valence-corrected chi connectivity index (χ4v) is 13.6. The van der Waals surface area contributed by atoms with Gasteiger partial charge in [-0.05, 0) is 154 Å². The molecule has 1 fully saturated rings. The summed E-state index contributed by atoms with van der Waals surface area (Å²) in [5.41, 5.74) is 8.97. The van der Waals surface area contributed by atoms with E-state index in [4.69, 9.17) is 14.7 Å². The monoisotopic (exact) mass is 1660 g/mol. The lowest BCUT2D eigenvalue weighted by Crippen LogP contribution is -2.51. The van der Waals surface area contributed by atoms with E-state index >= 15 is 0 Å². The Morgan fingerprint density at radius 2 is 0.924 bits per heavy atom. The third kappa shape index (κ3) is 21.4. The number of ether oxygens (including phenoxy) is 1. The van der Waals surface area contributed by atoms with E-state index in [1.807, 2.05) is 105 Å². The lowest BCUT2D eigenvalue weighted by Gasteiger charge is -2.31. The number of urea groups is 1. The van der Waals surface area contributed by atoms with Gasteiger partial charge in [-0.15, -0.1) is 0 Å². The zero-order valence-electron chi connectivity index (χ0n) is 66.4. The number of halogens is 1. The highest BCUT2D eigenvalue weighted by molar-refractivity contribution is 9.10. The molecule has 1 saturated carbocycles. The number of aryl methyl sites for hydroxylation is 2. The molecule has 6 heterocycles. The number of hydrogen-bond acceptors (Lipinski definition) is 20. The SMILES string of the molecule is CCc1cccc(NC(=O)CC2N=C(c3ccccn3)c3ccccc3N(CC(=O)C(Br)CO)C2=O)c1.CCc1cccc(NC(=O)CC2N=C(c3ccccn3)c3ccccc3N(CC(=O)C(C)(CO)C3CC3)C2=O)c1.CNc1cccc(NC(=O)NC2N=C(c3ccccn3)c3ccccc3N(CC(=O)C(C)(C)COC(C)=O)C2=O)c1. The van der Waals surface area contributed by atoms with Crippen molar-refractivity contribution in [3.63, 3.8) is 0 Å². The first kappa shape index (κ1) is 86.0. The number of benzene rings is 6. The quantitative estimate of drug-likeness (QED) is 0.0177. The van der Waals surface area contributed by atoms with Crippen LogP contribution in [0.5, 0.6) is 0 Å². The van der Waals surface area contributed by atoms with Crippen LogP contribution in [0.3, 0.4) is 0 Å². The van der Waals surface area contributed by atoms with Gasteiger partial charge >= 0.3 is 12.0 Å². The van der Waals surface area contributed by atoms with E-state index in [1.165, 1.54) is 21.6 Å². The zero-order valence-corrected chi connectivity index (χ0v) is 68.0. The number of aliphatic imine (C=N–C) groups is 3. The Balaban J connectivity index is 0.000000174. The molecule has 7 amide bonds. The normalized spacial score (nSPS) is 16.3. The van der Waals surface area contributed by atoms with Crippen LogP contribution in [0.25, 0.3) is 0 Å². The van der Waals surface area contributed by atoms with Gasteiger partial charge in [-0.3, -0.25) is 68.1 Å². The van der Waals surface area contributed by atoms with E-state index < -0.39 is 70.2 Å². The van der Waals surface area contributed by atoms with Crippen LogP contribution in [0.2, 0.25) is 0 Å². The van der Waals surface area contributed by atoms with Gasteiger partial charge in [0.15, 0.2) is 17.3 Å². The number of nitrogens with zero attached hydrogens (tertiary/aromatic N) is 9. The molecular weight excluding hydrogens is 1560 g/mol. The van der Waals surface area contributed by atoms with Gasteiger partial charge < -0.3 is 56.2 Å². The molecule has 0 saturated heterocycles. The van der Waals surface area contributed by atoms with Crippen molar-refractivity contribution in [2.75, 3.05) is 82.5 Å². The first-order valence-corrected chi connectivity index (χ1v) is 39.7. The summed E-state index contributed by atoms with van der Waals surface area (Å²) >= 11 is 3.16. The number of nitrogens with one attached hydrogen (secondary N) is 5. The Morgan fingerprint density at radius 1 is 0.508 bits per heavy atom. The van der Waals surface area contributed by atoms with Gasteiger partial charge in [-0.2, -0.15) is 0 Å². The minimum Gasteiger partial charge on any atom is -0.465 e. The third-order valence-corrected chi connectivity index (χ3v) is 21.2. The summed E-state index contributed by atoms with van der Waals surface area (Å²) in [6, 6.07) is 56.9. The van der Waals surface area contributed by atoms with Crippen molar-refractivity contribution in [2.45, 2.75) is 103 Å². The summed E-state index contributed by atoms with van der Waals surface area (Å²) in [5, 5.41) is 33.7. The van der Waals surface area contributed by atoms with Crippen LogP contribution in [0.15, 0.2) is 234 Å². The highest BCUT2D eigenvalue weighted by Crippen LogP contribution is 2.46. The molecule has 0 bridgehead atoms. The standard InChI is InChI=1S/C32H34N4O4.C30H32N6O5.C28H27BrN4O4/c1-3-21-9-8-10-23(17-21)34-29(39)18-26-31(40)36(19-28(38)32(2,20-37)22-14-15-22)27-13-5-4-11-24(27)30(35-26)25-12-6-7-16-33-25;1-19(37)41-18-30(2,3)25(38)17-36-24-14-6-5-12-22(24)26(23-13-7-8-15-32-23)34-27(28(36)39)35-29(40)33-21-11-9-10-20(16-21)31-4;1-2-18-8-7-9-19(14-18)31-26(36)15-23-28(37)33(16-25(35)21(29)17-34)24-12-4-3-10-20(24)27(32-23)22-11-5-6-13-30-22/h4-13,16-17,22,26,37H,3,14-15,18-20H2,1-2H3,(H,34,39);5-16,27,31H,17-18H2,1-4H3,(H2,33,35,40);3-14,21,23,34H,2,15-17H2,1H3,(H,31,36). The van der Waals surface area contributed by atoms with Crippen molar-refractivity contribution >= 4 is 132 Å². The Hall–Kier alpha value is -12.9. The molecule has 118 heavy (non-hydrogen) atoms. The van der Waals surface area contributed by atoms with E-state index in [9.17, 15) is 58.2 Å². The molecule has 6 aromatic carbocycles. The number of alkyl halides is 1. The number of hydrogen-bond donors (Lipinski definition) is 7. The van der Waals surface area contributed by atoms with Crippen LogP contribution in [-0.2, 0) is 60.7 Å². The lowest BCUT2D eigenvalue weighted by atomic mass is 9.81. The van der Waals surface area contributed by atoms with Crippen molar-refractivity contribution in [1.29, 1.82) is 0 Å². The number of aliphatic hydroxyl groups is 2. The molecule has 0 spiro atoms. The average Bonchev–Trinajstić information content (AvgIpc) is 1.62. The van der Waals surface area contributed by atoms with Crippen molar-refractivity contribution < 1.29 is 62.9 Å². The number of carbonyl (C=O) groups is 10. The third-order valence-electron chi connectivity index (χ3n) is 20.4. The fourth-order valence-electron chi connectivity index (χ4n) is 13.5. The van der Waals surface area contributed by atoms with Crippen LogP contribution in [0, 0.1) is 16.7 Å². The van der Waals surface area contributed by atoms with Crippen LogP contribution in [0.1, 0.15) is 112 Å². The van der Waals surface area contributed by atoms with Gasteiger partial charge in [0, 0.05) is 72.0 Å². The van der Waals surface area contributed by atoms with Crippen LogP contribution in [-0.4, -0.2) is 171 Å². The van der Waals surface area contributed by atoms with Gasteiger partial charge in [0.25, 0.3) is 17.7 Å². The molecule has 0 radical (unpaired) electrons. The first-order chi connectivity index (χ1) is 56.8. The second-order valence-electron chi connectivity index (χ2n) is 29.4. The molecule has 1 aliphatic carbocycles. The van der Waals surface area contributed by atoms with Crippen LogP contribution >= 0.6 is 15.9 Å². The number of aromatic nitrogens is 3. The second kappa shape index (κ2) is 39.6. The molecule has 608 valence electrons. The van der Waals surface area contributed by atoms with Crippen molar-refractivity contribution in [3.05, 3.63) is 264 Å². The average molecular weight is 1660 g/mol. The van der Waals surface area contributed by atoms with Crippen LogP contribution < -0.4 is 41.3 Å². The molecule has 27 nitrogen and oxygen atoms in total. The number of pyridine rings is 3. The Morgan fingerprint density at radius 3 is 1.35 bits per heavy atom. The van der Waals surface area contributed by atoms with Gasteiger partial charge in [0.05, 0.1) is 113 Å².